The molecule has 0 radical (unpaired) electrons. The number of aliphatic carboxylic acids is 3. The Labute approximate surface area is 283 Å². The fourth-order valence-corrected chi connectivity index (χ4v) is 6.60. The van der Waals surface area contributed by atoms with Gasteiger partial charge in [-0.25, -0.2) is 0 Å². The molecular weight excluding hydrogens is 578 g/mol. The van der Waals surface area contributed by atoms with Gasteiger partial charge in [0.1, 0.15) is 0 Å². The van der Waals surface area contributed by atoms with Crippen LogP contribution in [0.2, 0.25) is 0 Å². The van der Waals surface area contributed by atoms with Crippen molar-refractivity contribution in [2.24, 2.45) is 0 Å². The number of hydrogen-bond donors (Lipinski definition) is 3. The molecule has 0 amide bonds. The monoisotopic (exact) mass is 653 g/mol. The van der Waals surface area contributed by atoms with Gasteiger partial charge in [-0.05, 0) is 77.0 Å². The lowest BCUT2D eigenvalue weighted by atomic mass is 10.0. The standard InChI is InChI=1S/C39H73NO6/c1-2-3-4-5-6-7-8-9-10-11-12-13-14-15-16-17-18-19-20-21-22-26-33-40(34-27-23-30-37(41)42,35-28-24-31-38(43)44)36-29-25-32-39(45)46/h6-7H,2-5,8-36H2,1H3,(H2-,41,42,43,44,45,46)/p+1/b7-6+. The van der Waals surface area contributed by atoms with E-state index in [9.17, 15) is 14.4 Å². The van der Waals surface area contributed by atoms with Gasteiger partial charge in [0.15, 0.2) is 0 Å². The fourth-order valence-electron chi connectivity index (χ4n) is 6.60. The van der Waals surface area contributed by atoms with Crippen LogP contribution in [-0.4, -0.2) is 63.9 Å². The predicted octanol–water partition coefficient (Wildman–Crippen LogP) is 10.9. The van der Waals surface area contributed by atoms with Crippen molar-refractivity contribution in [1.82, 2.24) is 0 Å². The average molecular weight is 653 g/mol. The first-order valence-corrected chi connectivity index (χ1v) is 19.5. The van der Waals surface area contributed by atoms with E-state index in [1.54, 1.807) is 0 Å². The molecule has 3 N–H and O–H groups in total. The Bertz CT molecular complexity index is 698. The Morgan fingerprint density at radius 2 is 0.652 bits per heavy atom. The number of carboxylic acid groups (broad SMARTS) is 3. The third kappa shape index (κ3) is 32.1. The quantitative estimate of drug-likeness (QED) is 0.0350. The van der Waals surface area contributed by atoms with Gasteiger partial charge in [-0.3, -0.25) is 14.4 Å². The first-order chi connectivity index (χ1) is 22.3. The van der Waals surface area contributed by atoms with E-state index in [2.05, 4.69) is 19.1 Å². The van der Waals surface area contributed by atoms with Crippen LogP contribution >= 0.6 is 0 Å². The van der Waals surface area contributed by atoms with Gasteiger partial charge in [0.05, 0.1) is 26.2 Å². The number of rotatable bonds is 37. The summed E-state index contributed by atoms with van der Waals surface area (Å²) in [7, 11) is 0. The number of carboxylic acids is 3. The summed E-state index contributed by atoms with van der Waals surface area (Å²) in [6, 6.07) is 0. The van der Waals surface area contributed by atoms with Gasteiger partial charge in [-0.1, -0.05) is 109 Å². The molecule has 7 nitrogen and oxygen atoms in total. The predicted molar refractivity (Wildman–Crippen MR) is 191 cm³/mol. The summed E-state index contributed by atoms with van der Waals surface area (Å²) in [5.41, 5.74) is 0. The minimum atomic E-state index is -0.765. The van der Waals surface area contributed by atoms with Crippen LogP contribution in [0.25, 0.3) is 0 Å². The molecule has 46 heavy (non-hydrogen) atoms. The molecule has 0 fully saturated rings. The zero-order valence-corrected chi connectivity index (χ0v) is 30.0. The van der Waals surface area contributed by atoms with Gasteiger partial charge in [0.25, 0.3) is 0 Å². The highest BCUT2D eigenvalue weighted by atomic mass is 16.4. The summed E-state index contributed by atoms with van der Waals surface area (Å²) in [4.78, 5) is 33.1. The van der Waals surface area contributed by atoms with Gasteiger partial charge in [0, 0.05) is 19.3 Å². The summed E-state index contributed by atoms with van der Waals surface area (Å²) in [5.74, 6) is -2.29. The van der Waals surface area contributed by atoms with E-state index in [0.717, 1.165) is 56.3 Å². The van der Waals surface area contributed by atoms with Gasteiger partial charge in [-0.15, -0.1) is 0 Å². The van der Waals surface area contributed by atoms with Crippen molar-refractivity contribution in [3.63, 3.8) is 0 Å². The summed E-state index contributed by atoms with van der Waals surface area (Å²) < 4.78 is 0.870. The number of quaternary nitrogens is 1. The van der Waals surface area contributed by atoms with E-state index in [-0.39, 0.29) is 19.3 Å². The molecule has 7 heteroatoms. The summed E-state index contributed by atoms with van der Waals surface area (Å²) in [6.07, 6.45) is 36.2. The molecule has 0 heterocycles. The van der Waals surface area contributed by atoms with Crippen molar-refractivity contribution in [2.45, 2.75) is 193 Å². The van der Waals surface area contributed by atoms with Gasteiger partial charge in [-0.2, -0.15) is 0 Å². The highest BCUT2D eigenvalue weighted by molar-refractivity contribution is 5.67. The Balaban J connectivity index is 4.14. The first-order valence-electron chi connectivity index (χ1n) is 19.5. The van der Waals surface area contributed by atoms with Crippen LogP contribution in [0, 0.1) is 0 Å². The van der Waals surface area contributed by atoms with Gasteiger partial charge >= 0.3 is 17.9 Å². The first kappa shape index (κ1) is 44.1. The zero-order chi connectivity index (χ0) is 34.0. The third-order valence-electron chi connectivity index (χ3n) is 9.46. The molecule has 0 aromatic heterocycles. The fraction of sp³-hybridized carbons (Fsp3) is 0.872. The van der Waals surface area contributed by atoms with E-state index < -0.39 is 17.9 Å². The molecule has 270 valence electrons. The summed E-state index contributed by atoms with van der Waals surface area (Å²) in [5, 5.41) is 27.2. The van der Waals surface area contributed by atoms with E-state index in [1.165, 1.54) is 122 Å². The second kappa shape index (κ2) is 33.0. The molecule has 0 bridgehead atoms. The highest BCUT2D eigenvalue weighted by Gasteiger charge is 2.26. The Kier molecular flexibility index (Phi) is 31.7. The largest absolute Gasteiger partial charge is 0.481 e. The Hall–Kier alpha value is -1.89. The Morgan fingerprint density at radius 1 is 0.391 bits per heavy atom. The van der Waals surface area contributed by atoms with E-state index >= 15 is 0 Å². The normalized spacial score (nSPS) is 11.8. The molecule has 0 rings (SSSR count). The number of carbonyl (C=O) groups is 3. The van der Waals surface area contributed by atoms with Crippen LogP contribution < -0.4 is 0 Å². The Morgan fingerprint density at radius 3 is 0.957 bits per heavy atom. The molecule has 0 saturated carbocycles. The third-order valence-corrected chi connectivity index (χ3v) is 9.46. The maximum atomic E-state index is 11.0. The second-order valence-electron chi connectivity index (χ2n) is 13.8. The van der Waals surface area contributed by atoms with E-state index in [1.807, 2.05) is 0 Å². The molecular formula is C39H74NO6+. The van der Waals surface area contributed by atoms with Crippen LogP contribution in [0.4, 0.5) is 0 Å². The van der Waals surface area contributed by atoms with Crippen molar-refractivity contribution in [3.05, 3.63) is 12.2 Å². The number of nitrogens with zero attached hydrogens (tertiary/aromatic N) is 1. The van der Waals surface area contributed by atoms with Gasteiger partial charge < -0.3 is 19.8 Å². The number of allylic oxidation sites excluding steroid dienone is 2. The topological polar surface area (TPSA) is 112 Å². The van der Waals surface area contributed by atoms with Gasteiger partial charge in [0.2, 0.25) is 0 Å². The molecule has 0 aliphatic heterocycles. The van der Waals surface area contributed by atoms with Crippen molar-refractivity contribution in [2.75, 3.05) is 26.2 Å². The molecule has 0 aliphatic rings. The van der Waals surface area contributed by atoms with Crippen LogP contribution in [0.15, 0.2) is 12.2 Å². The van der Waals surface area contributed by atoms with Crippen molar-refractivity contribution >= 4 is 17.9 Å². The highest BCUT2D eigenvalue weighted by Crippen LogP contribution is 2.20. The second-order valence-corrected chi connectivity index (χ2v) is 13.8. The number of unbranched alkanes of at least 4 members (excludes halogenated alkanes) is 21. The smallest absolute Gasteiger partial charge is 0.303 e. The lowest BCUT2D eigenvalue weighted by Crippen LogP contribution is -2.51. The van der Waals surface area contributed by atoms with Crippen molar-refractivity contribution < 1.29 is 34.2 Å². The lowest BCUT2D eigenvalue weighted by Gasteiger charge is -2.39. The average Bonchev–Trinajstić information content (AvgIpc) is 3.02. The van der Waals surface area contributed by atoms with Crippen LogP contribution in [-0.2, 0) is 14.4 Å². The van der Waals surface area contributed by atoms with Crippen molar-refractivity contribution in [3.8, 4) is 0 Å². The summed E-state index contributed by atoms with van der Waals surface area (Å²) >= 11 is 0. The molecule has 0 unspecified atom stereocenters. The maximum Gasteiger partial charge on any atom is 0.303 e. The van der Waals surface area contributed by atoms with E-state index in [0.29, 0.717) is 19.3 Å². The minimum Gasteiger partial charge on any atom is -0.481 e. The van der Waals surface area contributed by atoms with Crippen LogP contribution in [0.3, 0.4) is 0 Å². The maximum absolute atomic E-state index is 11.0. The SMILES string of the molecule is CCCCC/C=C/CCCCCCCCCCCCCCCCC[N+](CCCCC(=O)O)(CCCCC(=O)O)CCCCC(=O)O. The zero-order valence-electron chi connectivity index (χ0n) is 30.0. The molecule has 0 atom stereocenters. The molecule has 0 aliphatic carbocycles. The molecule has 0 saturated heterocycles. The van der Waals surface area contributed by atoms with Crippen molar-refractivity contribution in [1.29, 1.82) is 0 Å². The summed E-state index contributed by atoms with van der Waals surface area (Å²) in [6.45, 7) is 5.96. The minimum absolute atomic E-state index is 0.176. The lowest BCUT2D eigenvalue weighted by molar-refractivity contribution is -0.929. The number of hydrogen-bond acceptors (Lipinski definition) is 3. The molecule has 0 aromatic carbocycles. The molecule has 0 spiro atoms. The molecule has 0 aromatic rings. The van der Waals surface area contributed by atoms with Crippen LogP contribution in [0.5, 0.6) is 0 Å². The van der Waals surface area contributed by atoms with E-state index in [4.69, 9.17) is 15.3 Å². The van der Waals surface area contributed by atoms with Crippen LogP contribution in [0.1, 0.15) is 193 Å².